The number of hydrogen-bond donors (Lipinski definition) is 1. The second-order valence-electron chi connectivity index (χ2n) is 10.8. The summed E-state index contributed by atoms with van der Waals surface area (Å²) in [5, 5.41) is 12.8. The molecule has 1 heterocycles. The van der Waals surface area contributed by atoms with E-state index in [0.29, 0.717) is 23.7 Å². The van der Waals surface area contributed by atoms with Crippen molar-refractivity contribution in [3.63, 3.8) is 0 Å². The van der Waals surface area contributed by atoms with Crippen molar-refractivity contribution in [3.05, 3.63) is 36.5 Å². The largest absolute Gasteiger partial charge is 0.411 e. The first-order chi connectivity index (χ1) is 14.6. The highest BCUT2D eigenvalue weighted by Crippen LogP contribution is 2.79. The van der Waals surface area contributed by atoms with Crippen LogP contribution in [-0.4, -0.2) is 29.9 Å². The van der Waals surface area contributed by atoms with Gasteiger partial charge < -0.3 is 14.7 Å². The van der Waals surface area contributed by atoms with Crippen LogP contribution < -0.4 is 0 Å². The van der Waals surface area contributed by atoms with Crippen molar-refractivity contribution in [1.82, 2.24) is 0 Å². The molecule has 4 saturated carbocycles. The monoisotopic (exact) mass is 409 g/mol. The maximum Gasteiger partial charge on any atom is 0.177 e. The van der Waals surface area contributed by atoms with Crippen LogP contribution in [0.15, 0.2) is 41.6 Å². The summed E-state index contributed by atoms with van der Waals surface area (Å²) in [5.74, 6) is 4.81. The molecule has 1 aliphatic heterocycles. The van der Waals surface area contributed by atoms with E-state index in [4.69, 9.17) is 9.47 Å². The fourth-order valence-electron chi connectivity index (χ4n) is 9.21. The summed E-state index contributed by atoms with van der Waals surface area (Å²) in [5.41, 5.74) is 2.49. The summed E-state index contributed by atoms with van der Waals surface area (Å²) in [6.45, 7) is 6.70. The molecular formula is C26H35NO3. The lowest BCUT2D eigenvalue weighted by Gasteiger charge is -2.60. The lowest BCUT2D eigenvalue weighted by atomic mass is 9.46. The predicted molar refractivity (Wildman–Crippen MR) is 116 cm³/mol. The predicted octanol–water partition coefficient (Wildman–Crippen LogP) is 5.35. The Kier molecular flexibility index (Phi) is 4.22. The summed E-state index contributed by atoms with van der Waals surface area (Å²) < 4.78 is 12.4. The standard InChI is InChI=1S/C26H35NO3/c1-4-15-12-16-13-17(27-28)6-7-18(16)19-8-10-25(5-2)24(23(15)19)20-14-21(20)26(25)11-9-22(29-3)30-26/h4,9,11,13,15,18-24,28H,1,5-8,10,12,14H2,2-3H3/b27-17+/t15-,18+,19?,20+,21-,22?,23?,24?,25+,26+/m1/s1. The number of allylic oxidation sites excluding steroid dienone is 3. The van der Waals surface area contributed by atoms with E-state index >= 15 is 0 Å². The van der Waals surface area contributed by atoms with E-state index in [-0.39, 0.29) is 17.3 Å². The van der Waals surface area contributed by atoms with E-state index in [0.717, 1.165) is 42.7 Å². The zero-order chi connectivity index (χ0) is 20.7. The van der Waals surface area contributed by atoms with Gasteiger partial charge in [0.15, 0.2) is 6.29 Å². The fraction of sp³-hybridized carbons (Fsp3) is 0.731. The van der Waals surface area contributed by atoms with E-state index in [9.17, 15) is 5.21 Å². The zero-order valence-electron chi connectivity index (χ0n) is 18.3. The van der Waals surface area contributed by atoms with Crippen molar-refractivity contribution in [3.8, 4) is 0 Å². The lowest BCUT2D eigenvalue weighted by Crippen LogP contribution is -2.57. The number of fused-ring (bicyclic) bond motifs is 9. The van der Waals surface area contributed by atoms with Crippen LogP contribution in [0.2, 0.25) is 0 Å². The molecule has 1 N–H and O–H groups in total. The summed E-state index contributed by atoms with van der Waals surface area (Å²) in [7, 11) is 1.76. The molecular weight excluding hydrogens is 374 g/mol. The van der Waals surface area contributed by atoms with Crippen molar-refractivity contribution >= 4 is 5.71 Å². The number of rotatable bonds is 3. The fourth-order valence-corrected chi connectivity index (χ4v) is 9.21. The molecule has 4 unspecified atom stereocenters. The van der Waals surface area contributed by atoms with E-state index < -0.39 is 0 Å². The third-order valence-electron chi connectivity index (χ3n) is 10.2. The van der Waals surface area contributed by atoms with Crippen LogP contribution in [0.5, 0.6) is 0 Å². The molecule has 0 amide bonds. The Morgan fingerprint density at radius 3 is 2.93 bits per heavy atom. The van der Waals surface area contributed by atoms with Crippen LogP contribution in [0.25, 0.3) is 0 Å². The third-order valence-corrected chi connectivity index (χ3v) is 10.2. The van der Waals surface area contributed by atoms with Gasteiger partial charge in [-0.15, -0.1) is 6.58 Å². The average Bonchev–Trinajstić information content (AvgIpc) is 3.41. The molecule has 0 aromatic heterocycles. The summed E-state index contributed by atoms with van der Waals surface area (Å²) in [6, 6.07) is 0. The molecule has 0 aromatic carbocycles. The normalized spacial score (nSPS) is 54.3. The van der Waals surface area contributed by atoms with Gasteiger partial charge in [0, 0.05) is 12.5 Å². The first-order valence-corrected chi connectivity index (χ1v) is 12.1. The Balaban J connectivity index is 1.41. The Hall–Kier alpha value is -1.39. The number of nitrogens with zero attached hydrogens (tertiary/aromatic N) is 1. The molecule has 0 radical (unpaired) electrons. The second-order valence-corrected chi connectivity index (χ2v) is 10.8. The molecule has 0 aromatic rings. The first kappa shape index (κ1) is 19.3. The van der Waals surface area contributed by atoms with E-state index in [1.807, 2.05) is 0 Å². The van der Waals surface area contributed by atoms with Crippen molar-refractivity contribution in [2.24, 2.45) is 52.0 Å². The molecule has 10 atom stereocenters. The van der Waals surface area contributed by atoms with Crippen LogP contribution in [0, 0.1) is 46.8 Å². The zero-order valence-corrected chi connectivity index (χ0v) is 18.3. The summed E-state index contributed by atoms with van der Waals surface area (Å²) in [6.07, 6.45) is 17.0. The van der Waals surface area contributed by atoms with Gasteiger partial charge in [-0.2, -0.15) is 0 Å². The minimum absolute atomic E-state index is 0.117. The van der Waals surface area contributed by atoms with Crippen LogP contribution >= 0.6 is 0 Å². The van der Waals surface area contributed by atoms with E-state index in [1.54, 1.807) is 7.11 Å². The van der Waals surface area contributed by atoms with Crippen molar-refractivity contribution in [1.29, 1.82) is 0 Å². The molecule has 4 fully saturated rings. The molecule has 6 rings (SSSR count). The summed E-state index contributed by atoms with van der Waals surface area (Å²) >= 11 is 0. The van der Waals surface area contributed by atoms with Gasteiger partial charge in [0.05, 0.1) is 11.3 Å². The molecule has 30 heavy (non-hydrogen) atoms. The van der Waals surface area contributed by atoms with Gasteiger partial charge in [-0.05, 0) is 98.5 Å². The molecule has 4 heteroatoms. The third kappa shape index (κ3) is 2.22. The molecule has 6 aliphatic rings. The smallest absolute Gasteiger partial charge is 0.177 e. The van der Waals surface area contributed by atoms with E-state index in [1.165, 1.54) is 31.3 Å². The quantitative estimate of drug-likeness (QED) is 0.389. The van der Waals surface area contributed by atoms with Crippen molar-refractivity contribution in [2.45, 2.75) is 63.8 Å². The van der Waals surface area contributed by atoms with E-state index in [2.05, 4.69) is 43.0 Å². The van der Waals surface area contributed by atoms with Crippen molar-refractivity contribution < 1.29 is 14.7 Å². The topological polar surface area (TPSA) is 51.1 Å². The number of oxime groups is 1. The Morgan fingerprint density at radius 1 is 1.37 bits per heavy atom. The minimum atomic E-state index is -0.184. The van der Waals surface area contributed by atoms with Gasteiger partial charge in [0.2, 0.25) is 0 Å². The highest BCUT2D eigenvalue weighted by atomic mass is 16.7. The Morgan fingerprint density at radius 2 is 2.23 bits per heavy atom. The van der Waals surface area contributed by atoms with Gasteiger partial charge in [-0.1, -0.05) is 29.8 Å². The summed E-state index contributed by atoms with van der Waals surface area (Å²) in [4.78, 5) is 0. The van der Waals surface area contributed by atoms with Gasteiger partial charge in [-0.25, -0.2) is 0 Å². The second kappa shape index (κ2) is 6.56. The average molecular weight is 410 g/mol. The van der Waals surface area contributed by atoms with Gasteiger partial charge in [0.25, 0.3) is 0 Å². The molecule has 5 aliphatic carbocycles. The molecule has 162 valence electrons. The van der Waals surface area contributed by atoms with Crippen LogP contribution in [0.1, 0.15) is 51.9 Å². The lowest BCUT2D eigenvalue weighted by molar-refractivity contribution is -0.212. The molecule has 1 spiro atoms. The maximum atomic E-state index is 9.32. The van der Waals surface area contributed by atoms with Crippen LogP contribution in [0.3, 0.4) is 0 Å². The van der Waals surface area contributed by atoms with Crippen LogP contribution in [0.4, 0.5) is 0 Å². The number of methoxy groups -OCH3 is 1. The van der Waals surface area contributed by atoms with Gasteiger partial charge in [0.1, 0.15) is 0 Å². The SMILES string of the molecule is C=C[C@@H]1CC2=C/C(=N/O)CC[C@@H]2C2CC[C@@]3(CC)C(C21)[C@H]1C[C@H]1[C@@]31C=CC(OC)O1. The number of ether oxygens (including phenoxy) is 2. The minimum Gasteiger partial charge on any atom is -0.411 e. The first-order valence-electron chi connectivity index (χ1n) is 12.1. The highest BCUT2D eigenvalue weighted by molar-refractivity contribution is 5.96. The number of hydrogen-bond acceptors (Lipinski definition) is 4. The van der Waals surface area contributed by atoms with Gasteiger partial charge in [-0.3, -0.25) is 0 Å². The van der Waals surface area contributed by atoms with Gasteiger partial charge >= 0.3 is 0 Å². The molecule has 0 bridgehead atoms. The molecule has 0 saturated heterocycles. The highest BCUT2D eigenvalue weighted by Gasteiger charge is 2.78. The maximum absolute atomic E-state index is 9.32. The Labute approximate surface area is 180 Å². The van der Waals surface area contributed by atoms with Crippen LogP contribution in [-0.2, 0) is 9.47 Å². The molecule has 4 nitrogen and oxygen atoms in total. The van der Waals surface area contributed by atoms with Crippen molar-refractivity contribution in [2.75, 3.05) is 7.11 Å². The Bertz CT molecular complexity index is 845.